The third-order valence-corrected chi connectivity index (χ3v) is 14.3. The molecular formula is C66H48N4O8. The number of ether oxygens (including phenoxy) is 4. The second kappa shape index (κ2) is 20.0. The number of rotatable bonds is 14. The number of hydrogen-bond acceptors (Lipinski definition) is 10. The first-order valence-electron chi connectivity index (χ1n) is 25.1. The number of nitrogens with zero attached hydrogens (tertiary/aromatic N) is 4. The number of carbonyl (C=O) groups excluding carboxylic acids is 4. The molecule has 10 aromatic rings. The molecule has 12 heteroatoms. The highest BCUT2D eigenvalue weighted by Gasteiger charge is 2.44. The summed E-state index contributed by atoms with van der Waals surface area (Å²) >= 11 is 0. The van der Waals surface area contributed by atoms with Gasteiger partial charge in [-0.2, -0.15) is 0 Å². The molecule has 0 aliphatic carbocycles. The highest BCUT2D eigenvalue weighted by atomic mass is 16.5. The molecule has 2 heterocycles. The summed E-state index contributed by atoms with van der Waals surface area (Å²) in [6.45, 7) is 0. The molecule has 0 saturated carbocycles. The van der Waals surface area contributed by atoms with Crippen molar-refractivity contribution in [2.24, 2.45) is 0 Å². The molecule has 0 bridgehead atoms. The highest BCUT2D eigenvalue weighted by molar-refractivity contribution is 6.44. The Hall–Kier alpha value is -10.5. The van der Waals surface area contributed by atoms with Gasteiger partial charge in [0.15, 0.2) is 0 Å². The van der Waals surface area contributed by atoms with Crippen LogP contribution in [0.2, 0.25) is 0 Å². The summed E-state index contributed by atoms with van der Waals surface area (Å²) < 4.78 is 21.9. The van der Waals surface area contributed by atoms with E-state index in [0.29, 0.717) is 56.6 Å². The average Bonchev–Trinajstić information content (AvgIpc) is 3.22. The van der Waals surface area contributed by atoms with E-state index in [9.17, 15) is 0 Å². The second-order valence-corrected chi connectivity index (χ2v) is 18.6. The Morgan fingerprint density at radius 3 is 0.808 bits per heavy atom. The Kier molecular flexibility index (Phi) is 12.4. The minimum atomic E-state index is -0.591. The van der Waals surface area contributed by atoms with Gasteiger partial charge < -0.3 is 28.7 Å². The van der Waals surface area contributed by atoms with E-state index in [1.165, 1.54) is 9.80 Å². The predicted molar refractivity (Wildman–Crippen MR) is 306 cm³/mol. The smallest absolute Gasteiger partial charge is 0.266 e. The van der Waals surface area contributed by atoms with Crippen LogP contribution in [0.1, 0.15) is 41.4 Å². The Morgan fingerprint density at radius 1 is 0.295 bits per heavy atom. The standard InChI is InChI=1S/C66H48N4O8/c1-75-51-31-23-47(24-32-51)67(48-25-33-52(76-2)34-26-48)45-19-15-41(16-20-45)55-39-57-60-59-58(64(72)69(65(73)61(55)59)43-11-7-5-8-12-43)40-56(62(60)66(74)70(63(57)71)44-13-9-6-10-14-44)42-17-21-46(22-18-42)68(49-27-35-53(77-3)36-28-49)50-29-37-54(78-4)38-30-50/h5-40H,1-4H3. The lowest BCUT2D eigenvalue weighted by Crippen LogP contribution is -2.44. The lowest BCUT2D eigenvalue weighted by Gasteiger charge is -2.34. The fraction of sp³-hybridized carbons (Fsp3) is 0.0606. The minimum Gasteiger partial charge on any atom is -0.497 e. The Labute approximate surface area is 450 Å². The minimum absolute atomic E-state index is 0.169. The Bertz CT molecular complexity index is 3590. The first kappa shape index (κ1) is 48.5. The van der Waals surface area contributed by atoms with Gasteiger partial charge in [-0.15, -0.1) is 0 Å². The summed E-state index contributed by atoms with van der Waals surface area (Å²) in [7, 11) is 6.49. The van der Waals surface area contributed by atoms with Gasteiger partial charge in [0, 0.05) is 56.0 Å². The summed E-state index contributed by atoms with van der Waals surface area (Å²) in [6.07, 6.45) is 0. The molecule has 12 nitrogen and oxygen atoms in total. The van der Waals surface area contributed by atoms with E-state index < -0.39 is 23.6 Å². The fourth-order valence-electron chi connectivity index (χ4n) is 10.5. The van der Waals surface area contributed by atoms with Crippen LogP contribution in [-0.2, 0) is 0 Å². The monoisotopic (exact) mass is 1020 g/mol. The summed E-state index contributed by atoms with van der Waals surface area (Å²) in [6, 6.07) is 67.3. The normalized spacial score (nSPS) is 12.7. The van der Waals surface area contributed by atoms with Crippen molar-refractivity contribution in [3.8, 4) is 45.3 Å². The molecule has 0 radical (unpaired) electrons. The van der Waals surface area contributed by atoms with Crippen LogP contribution in [-0.4, -0.2) is 52.1 Å². The summed E-state index contributed by atoms with van der Waals surface area (Å²) in [5.41, 5.74) is 8.52. The van der Waals surface area contributed by atoms with Crippen LogP contribution in [0, 0.1) is 0 Å². The fourth-order valence-corrected chi connectivity index (χ4v) is 10.5. The number of methoxy groups -OCH3 is 4. The van der Waals surface area contributed by atoms with Crippen LogP contribution in [0.5, 0.6) is 23.0 Å². The molecule has 10 aromatic carbocycles. The van der Waals surface area contributed by atoms with Crippen molar-refractivity contribution in [3.05, 3.63) is 241 Å². The average molecular weight is 1030 g/mol. The predicted octanol–water partition coefficient (Wildman–Crippen LogP) is 14.7. The third-order valence-electron chi connectivity index (χ3n) is 14.3. The first-order chi connectivity index (χ1) is 38.2. The van der Waals surface area contributed by atoms with E-state index in [1.807, 2.05) is 158 Å². The van der Waals surface area contributed by atoms with Gasteiger partial charge in [0.1, 0.15) is 23.0 Å². The number of carbonyl (C=O) groups is 4. The van der Waals surface area contributed by atoms with Crippen LogP contribution >= 0.6 is 0 Å². The van der Waals surface area contributed by atoms with Crippen LogP contribution in [0.3, 0.4) is 0 Å². The van der Waals surface area contributed by atoms with Gasteiger partial charge in [-0.1, -0.05) is 60.7 Å². The van der Waals surface area contributed by atoms with Gasteiger partial charge in [-0.3, -0.25) is 19.2 Å². The quantitative estimate of drug-likeness (QED) is 0.0974. The zero-order valence-electron chi connectivity index (χ0n) is 42.8. The number of para-hydroxylation sites is 2. The van der Waals surface area contributed by atoms with Crippen LogP contribution in [0.4, 0.5) is 45.5 Å². The molecule has 12 rings (SSSR count). The Balaban J connectivity index is 1.07. The molecule has 2 aliphatic heterocycles. The van der Waals surface area contributed by atoms with Gasteiger partial charge in [-0.25, -0.2) is 9.80 Å². The number of benzene rings is 10. The topological polar surface area (TPSA) is 118 Å². The van der Waals surface area contributed by atoms with Crippen molar-refractivity contribution in [2.75, 3.05) is 48.0 Å². The molecule has 0 spiro atoms. The number of anilines is 8. The first-order valence-corrected chi connectivity index (χ1v) is 25.1. The number of imide groups is 2. The lowest BCUT2D eigenvalue weighted by atomic mass is 9.79. The maximum atomic E-state index is 15.5. The van der Waals surface area contributed by atoms with Crippen LogP contribution in [0.15, 0.2) is 218 Å². The molecule has 0 saturated heterocycles. The molecule has 0 unspecified atom stereocenters. The van der Waals surface area contributed by atoms with E-state index in [2.05, 4.69) is 9.80 Å². The van der Waals surface area contributed by atoms with Crippen molar-refractivity contribution in [1.29, 1.82) is 0 Å². The zero-order chi connectivity index (χ0) is 53.6. The summed E-state index contributed by atoms with van der Waals surface area (Å²) in [5, 5.41) is 0.476. The molecule has 0 N–H and O–H groups in total. The summed E-state index contributed by atoms with van der Waals surface area (Å²) in [4.78, 5) is 68.1. The second-order valence-electron chi connectivity index (χ2n) is 18.6. The lowest BCUT2D eigenvalue weighted by molar-refractivity contribution is 0.0873. The van der Waals surface area contributed by atoms with E-state index in [1.54, 1.807) is 89.1 Å². The maximum Gasteiger partial charge on any atom is 0.266 e. The molecule has 78 heavy (non-hydrogen) atoms. The highest BCUT2D eigenvalue weighted by Crippen LogP contribution is 2.49. The molecule has 0 aromatic heterocycles. The SMILES string of the molecule is COc1ccc(N(c2ccc(OC)cc2)c2ccc(-c3cc4c5c(c(-c6ccc(N(c7ccc(OC)cc7)c7ccc(OC)cc7)cc6)cc6c5c3C(=O)N(c3ccccc3)C6=O)C(=O)N(c3ccccc3)C4=O)cc2)cc1. The largest absolute Gasteiger partial charge is 0.497 e. The number of amides is 4. The molecule has 0 atom stereocenters. The zero-order valence-corrected chi connectivity index (χ0v) is 42.8. The summed E-state index contributed by atoms with van der Waals surface area (Å²) in [5.74, 6) is 0.465. The van der Waals surface area contributed by atoms with Gasteiger partial charge in [0.2, 0.25) is 0 Å². The molecule has 380 valence electrons. The van der Waals surface area contributed by atoms with Crippen molar-refractivity contribution in [3.63, 3.8) is 0 Å². The van der Waals surface area contributed by atoms with Gasteiger partial charge in [0.25, 0.3) is 23.6 Å². The number of hydrogen-bond donors (Lipinski definition) is 0. The van der Waals surface area contributed by atoms with Crippen LogP contribution < -0.4 is 38.5 Å². The van der Waals surface area contributed by atoms with Gasteiger partial charge in [-0.05, 0) is 180 Å². The van der Waals surface area contributed by atoms with Crippen molar-refractivity contribution < 1.29 is 38.1 Å². The molecular weight excluding hydrogens is 977 g/mol. The van der Waals surface area contributed by atoms with Crippen molar-refractivity contribution >= 4 is 79.9 Å². The van der Waals surface area contributed by atoms with Gasteiger partial charge >= 0.3 is 0 Å². The van der Waals surface area contributed by atoms with Crippen molar-refractivity contribution in [2.45, 2.75) is 0 Å². The van der Waals surface area contributed by atoms with Crippen LogP contribution in [0.25, 0.3) is 33.0 Å². The van der Waals surface area contributed by atoms with E-state index in [0.717, 1.165) is 34.1 Å². The molecule has 4 amide bonds. The third kappa shape index (κ3) is 8.28. The molecule has 0 fully saturated rings. The van der Waals surface area contributed by atoms with Gasteiger partial charge in [0.05, 0.1) is 50.9 Å². The van der Waals surface area contributed by atoms with E-state index >= 15 is 19.2 Å². The van der Waals surface area contributed by atoms with E-state index in [4.69, 9.17) is 18.9 Å². The maximum absolute atomic E-state index is 15.5. The van der Waals surface area contributed by atoms with Crippen molar-refractivity contribution in [1.82, 2.24) is 0 Å². The van der Waals surface area contributed by atoms with E-state index in [-0.39, 0.29) is 33.0 Å². The molecule has 2 aliphatic rings. The Morgan fingerprint density at radius 2 is 0.551 bits per heavy atom.